The Morgan fingerprint density at radius 2 is 2.13 bits per heavy atom. The number of piperidine rings is 1. The van der Waals surface area contributed by atoms with Gasteiger partial charge in [0, 0.05) is 45.1 Å². The minimum absolute atomic E-state index is 0.188. The molecule has 1 aromatic carbocycles. The molecule has 8 heteroatoms. The van der Waals surface area contributed by atoms with E-state index in [-0.39, 0.29) is 5.82 Å². The normalized spacial score (nSPS) is 22.6. The van der Waals surface area contributed by atoms with Crippen LogP contribution in [0.4, 0.5) is 10.1 Å². The fourth-order valence-corrected chi connectivity index (χ4v) is 4.40. The maximum atomic E-state index is 14.7. The Labute approximate surface area is 183 Å². The molecule has 0 aliphatic carbocycles. The zero-order valence-corrected chi connectivity index (χ0v) is 18.5. The van der Waals surface area contributed by atoms with E-state index < -0.39 is 0 Å². The zero-order valence-electron chi connectivity index (χ0n) is 18.5. The lowest BCUT2D eigenvalue weighted by atomic mass is 9.93. The summed E-state index contributed by atoms with van der Waals surface area (Å²) in [6.07, 6.45) is 6.86. The standard InChI is InChI=1S/C23H33FN6O/c1-3-26-23(29-8-6-18(2)22(16-29)30-9-7-25-17-30)27-15-19-4-5-21(20(24)14-19)28-10-12-31-13-11-28/h4-5,7,9,14,17-18,22H,3,6,8,10-13,15-16H2,1-2H3,(H,26,27). The molecule has 2 aromatic rings. The van der Waals surface area contributed by atoms with Crippen molar-refractivity contribution in [3.63, 3.8) is 0 Å². The number of morpholine rings is 1. The van der Waals surface area contributed by atoms with Gasteiger partial charge in [-0.3, -0.25) is 0 Å². The van der Waals surface area contributed by atoms with Gasteiger partial charge in [-0.1, -0.05) is 13.0 Å². The van der Waals surface area contributed by atoms with E-state index in [0.717, 1.165) is 50.7 Å². The Hall–Kier alpha value is -2.61. The maximum Gasteiger partial charge on any atom is 0.194 e. The van der Waals surface area contributed by atoms with E-state index in [2.05, 4.69) is 33.6 Å². The van der Waals surface area contributed by atoms with E-state index in [1.165, 1.54) is 0 Å². The number of benzene rings is 1. The summed E-state index contributed by atoms with van der Waals surface area (Å²) in [5, 5.41) is 3.42. The predicted octanol–water partition coefficient (Wildman–Crippen LogP) is 2.91. The number of aromatic nitrogens is 2. The minimum Gasteiger partial charge on any atom is -0.378 e. The molecule has 1 N–H and O–H groups in total. The number of ether oxygens (including phenoxy) is 1. The SMILES string of the molecule is CCNC(=NCc1ccc(N2CCOCC2)c(F)c1)N1CCC(C)C(n2ccnc2)C1. The highest BCUT2D eigenvalue weighted by atomic mass is 19.1. The molecule has 0 spiro atoms. The number of imidazole rings is 1. The fraction of sp³-hybridized carbons (Fsp3) is 0.565. The van der Waals surface area contributed by atoms with E-state index in [1.807, 2.05) is 35.8 Å². The molecule has 2 fully saturated rings. The van der Waals surface area contributed by atoms with E-state index in [0.29, 0.717) is 37.4 Å². The first-order valence-corrected chi connectivity index (χ1v) is 11.3. The minimum atomic E-state index is -0.188. The van der Waals surface area contributed by atoms with Crippen molar-refractivity contribution < 1.29 is 9.13 Å². The van der Waals surface area contributed by atoms with Crippen LogP contribution in [0.15, 0.2) is 41.9 Å². The first-order valence-electron chi connectivity index (χ1n) is 11.3. The van der Waals surface area contributed by atoms with Gasteiger partial charge in [0.1, 0.15) is 5.82 Å². The summed E-state index contributed by atoms with van der Waals surface area (Å²) in [5.74, 6) is 1.28. The van der Waals surface area contributed by atoms with Gasteiger partial charge in [-0.25, -0.2) is 14.4 Å². The number of hydrogen-bond donors (Lipinski definition) is 1. The topological polar surface area (TPSA) is 57.9 Å². The van der Waals surface area contributed by atoms with Crippen LogP contribution in [0, 0.1) is 11.7 Å². The van der Waals surface area contributed by atoms with Crippen molar-refractivity contribution in [2.24, 2.45) is 10.9 Å². The van der Waals surface area contributed by atoms with Gasteiger partial charge in [-0.05, 0) is 37.0 Å². The fourth-order valence-electron chi connectivity index (χ4n) is 4.40. The molecule has 2 unspecified atom stereocenters. The second kappa shape index (κ2) is 10.1. The van der Waals surface area contributed by atoms with Gasteiger partial charge in [0.25, 0.3) is 0 Å². The molecule has 1 aromatic heterocycles. The third-order valence-corrected chi connectivity index (χ3v) is 6.24. The number of anilines is 1. The molecule has 0 saturated carbocycles. The Morgan fingerprint density at radius 3 is 2.84 bits per heavy atom. The zero-order chi connectivity index (χ0) is 21.6. The summed E-state index contributed by atoms with van der Waals surface area (Å²) in [5.41, 5.74) is 1.53. The summed E-state index contributed by atoms with van der Waals surface area (Å²) in [6.45, 7) is 10.2. The van der Waals surface area contributed by atoms with Crippen molar-refractivity contribution in [2.75, 3.05) is 50.8 Å². The van der Waals surface area contributed by atoms with Gasteiger partial charge in [0.15, 0.2) is 5.96 Å². The van der Waals surface area contributed by atoms with Crippen LogP contribution < -0.4 is 10.2 Å². The lowest BCUT2D eigenvalue weighted by Crippen LogP contribution is -2.49. The molecule has 2 aliphatic heterocycles. The number of nitrogens with one attached hydrogen (secondary N) is 1. The van der Waals surface area contributed by atoms with Gasteiger partial charge in [-0.15, -0.1) is 0 Å². The highest BCUT2D eigenvalue weighted by Gasteiger charge is 2.29. The van der Waals surface area contributed by atoms with Crippen LogP contribution in [0.1, 0.15) is 31.9 Å². The van der Waals surface area contributed by atoms with Gasteiger partial charge in [0.05, 0.1) is 37.8 Å². The maximum absolute atomic E-state index is 14.7. The molecule has 168 valence electrons. The molecule has 0 radical (unpaired) electrons. The lowest BCUT2D eigenvalue weighted by molar-refractivity contribution is 0.122. The second-order valence-corrected chi connectivity index (χ2v) is 8.34. The average Bonchev–Trinajstić information content (AvgIpc) is 3.32. The molecule has 7 nitrogen and oxygen atoms in total. The second-order valence-electron chi connectivity index (χ2n) is 8.34. The predicted molar refractivity (Wildman–Crippen MR) is 121 cm³/mol. The monoisotopic (exact) mass is 428 g/mol. The van der Waals surface area contributed by atoms with Crippen LogP contribution >= 0.6 is 0 Å². The number of guanidine groups is 1. The van der Waals surface area contributed by atoms with Crippen LogP contribution in [0.3, 0.4) is 0 Å². The van der Waals surface area contributed by atoms with Crippen LogP contribution in [0.5, 0.6) is 0 Å². The summed E-state index contributed by atoms with van der Waals surface area (Å²) in [4.78, 5) is 13.4. The summed E-state index contributed by atoms with van der Waals surface area (Å²) >= 11 is 0. The van der Waals surface area contributed by atoms with E-state index in [4.69, 9.17) is 9.73 Å². The summed E-state index contributed by atoms with van der Waals surface area (Å²) < 4.78 is 22.3. The van der Waals surface area contributed by atoms with E-state index in [1.54, 1.807) is 6.07 Å². The number of nitrogens with zero attached hydrogens (tertiary/aromatic N) is 5. The lowest BCUT2D eigenvalue weighted by Gasteiger charge is -2.39. The number of likely N-dealkylation sites (tertiary alicyclic amines) is 1. The summed E-state index contributed by atoms with van der Waals surface area (Å²) in [6, 6.07) is 5.83. The molecule has 2 atom stereocenters. The van der Waals surface area contributed by atoms with Gasteiger partial charge in [-0.2, -0.15) is 0 Å². The molecule has 4 rings (SSSR count). The Balaban J connectivity index is 1.45. The molecule has 3 heterocycles. The summed E-state index contributed by atoms with van der Waals surface area (Å²) in [7, 11) is 0. The van der Waals surface area contributed by atoms with Crippen molar-refractivity contribution in [1.29, 1.82) is 0 Å². The van der Waals surface area contributed by atoms with Crippen LogP contribution in [0.25, 0.3) is 0 Å². The van der Waals surface area contributed by atoms with Gasteiger partial charge in [0.2, 0.25) is 0 Å². The number of hydrogen-bond acceptors (Lipinski definition) is 4. The molecular weight excluding hydrogens is 395 g/mol. The Morgan fingerprint density at radius 1 is 1.29 bits per heavy atom. The third-order valence-electron chi connectivity index (χ3n) is 6.24. The van der Waals surface area contributed by atoms with Crippen molar-refractivity contribution in [3.05, 3.63) is 48.3 Å². The largest absolute Gasteiger partial charge is 0.378 e. The highest BCUT2D eigenvalue weighted by Crippen LogP contribution is 2.27. The third kappa shape index (κ3) is 5.18. The van der Waals surface area contributed by atoms with Crippen LogP contribution in [-0.2, 0) is 11.3 Å². The van der Waals surface area contributed by atoms with Crippen molar-refractivity contribution in [1.82, 2.24) is 19.8 Å². The van der Waals surface area contributed by atoms with Crippen molar-refractivity contribution in [2.45, 2.75) is 32.9 Å². The average molecular weight is 429 g/mol. The molecule has 2 saturated heterocycles. The van der Waals surface area contributed by atoms with Gasteiger partial charge >= 0.3 is 0 Å². The number of aliphatic imine (C=N–C) groups is 1. The van der Waals surface area contributed by atoms with Crippen molar-refractivity contribution in [3.8, 4) is 0 Å². The number of halogens is 1. The first-order chi connectivity index (χ1) is 15.2. The quantitative estimate of drug-likeness (QED) is 0.586. The highest BCUT2D eigenvalue weighted by molar-refractivity contribution is 5.80. The smallest absolute Gasteiger partial charge is 0.194 e. The number of rotatable bonds is 5. The van der Waals surface area contributed by atoms with Crippen LogP contribution in [0.2, 0.25) is 0 Å². The molecule has 2 aliphatic rings. The Bertz CT molecular complexity index is 865. The van der Waals surface area contributed by atoms with E-state index in [9.17, 15) is 4.39 Å². The molecular formula is C23H33FN6O. The molecule has 31 heavy (non-hydrogen) atoms. The Kier molecular flexibility index (Phi) is 7.06. The molecule has 0 bridgehead atoms. The van der Waals surface area contributed by atoms with Gasteiger partial charge < -0.3 is 24.4 Å². The van der Waals surface area contributed by atoms with E-state index >= 15 is 0 Å². The van der Waals surface area contributed by atoms with Crippen LogP contribution in [-0.4, -0.2) is 66.3 Å². The first kappa shape index (κ1) is 21.6. The van der Waals surface area contributed by atoms with Crippen molar-refractivity contribution >= 4 is 11.6 Å². The molecule has 0 amide bonds.